The molecule has 5 rings (SSSR count). The number of hydrogen-bond acceptors (Lipinski definition) is 4. The molecule has 0 aliphatic carbocycles. The van der Waals surface area contributed by atoms with Crippen LogP contribution in [0.3, 0.4) is 0 Å². The van der Waals surface area contributed by atoms with Gasteiger partial charge in [0.15, 0.2) is 0 Å². The van der Waals surface area contributed by atoms with Gasteiger partial charge in [0.25, 0.3) is 0 Å². The van der Waals surface area contributed by atoms with Crippen molar-refractivity contribution in [2.24, 2.45) is 0 Å². The number of fused-ring (bicyclic) bond motifs is 2. The smallest absolute Gasteiger partial charge is 0.336 e. The summed E-state index contributed by atoms with van der Waals surface area (Å²) in [4.78, 5) is 13.7. The largest absolute Gasteiger partial charge is 0.497 e. The lowest BCUT2D eigenvalue weighted by Gasteiger charge is -2.28. The average molecular weight is 497 g/mol. The molecule has 2 heterocycles. The quantitative estimate of drug-likeness (QED) is 0.392. The molecular formula is C27H24Cl2NO4+. The van der Waals surface area contributed by atoms with E-state index in [4.69, 9.17) is 37.1 Å². The van der Waals surface area contributed by atoms with E-state index in [9.17, 15) is 4.79 Å². The number of rotatable bonds is 5. The minimum atomic E-state index is -0.385. The fourth-order valence-electron chi connectivity index (χ4n) is 4.54. The van der Waals surface area contributed by atoms with Crippen molar-refractivity contribution in [1.29, 1.82) is 0 Å². The van der Waals surface area contributed by atoms with Crippen LogP contribution in [0.25, 0.3) is 22.1 Å². The minimum Gasteiger partial charge on any atom is -0.497 e. The zero-order valence-electron chi connectivity index (χ0n) is 18.9. The van der Waals surface area contributed by atoms with Crippen LogP contribution in [0.1, 0.15) is 16.7 Å². The monoisotopic (exact) mass is 496 g/mol. The summed E-state index contributed by atoms with van der Waals surface area (Å²) in [7, 11) is 1.63. The van der Waals surface area contributed by atoms with Crippen LogP contribution >= 0.6 is 23.2 Å². The van der Waals surface area contributed by atoms with Gasteiger partial charge < -0.3 is 13.9 Å². The summed E-state index contributed by atoms with van der Waals surface area (Å²) in [5, 5.41) is 2.22. The number of nitrogens with one attached hydrogen (secondary N) is 1. The van der Waals surface area contributed by atoms with E-state index in [2.05, 4.69) is 6.07 Å². The Morgan fingerprint density at radius 2 is 1.85 bits per heavy atom. The highest BCUT2D eigenvalue weighted by molar-refractivity contribution is 6.35. The number of methoxy groups -OCH3 is 1. The summed E-state index contributed by atoms with van der Waals surface area (Å²) < 4.78 is 17.1. The van der Waals surface area contributed by atoms with Crippen LogP contribution in [0, 0.1) is 6.92 Å². The molecule has 0 fully saturated rings. The third kappa shape index (κ3) is 4.39. The minimum absolute atomic E-state index is 0.385. The molecule has 1 aliphatic heterocycles. The Labute approximate surface area is 207 Å². The molecule has 3 aromatic carbocycles. The number of ether oxygens (including phenoxy) is 2. The summed E-state index contributed by atoms with van der Waals surface area (Å²) in [5.41, 5.74) is 4.95. The van der Waals surface area contributed by atoms with E-state index in [1.54, 1.807) is 19.2 Å². The van der Waals surface area contributed by atoms with Gasteiger partial charge in [-0.3, -0.25) is 4.90 Å². The standard InChI is InChI=1S/C27H23Cl2NO4/c1-16-26-19(14-30(15-33-26)10-9-18-3-6-20(28)12-24(18)29)11-23-22(13-25(31)34-27(16)23)17-4-7-21(32-2)8-5-17/h3-8,11-13H,9-10,14-15H2,1-2H3/p+1. The first-order chi connectivity index (χ1) is 16.4. The average Bonchev–Trinajstić information content (AvgIpc) is 2.84. The molecule has 5 nitrogen and oxygen atoms in total. The first-order valence-electron chi connectivity index (χ1n) is 11.1. The van der Waals surface area contributed by atoms with E-state index in [0.717, 1.165) is 64.2 Å². The molecule has 1 unspecified atom stereocenters. The zero-order chi connectivity index (χ0) is 23.8. The van der Waals surface area contributed by atoms with Crippen LogP contribution in [0.5, 0.6) is 11.5 Å². The summed E-state index contributed by atoms with van der Waals surface area (Å²) in [5.74, 6) is 1.56. The van der Waals surface area contributed by atoms with E-state index in [-0.39, 0.29) is 5.63 Å². The van der Waals surface area contributed by atoms with Crippen molar-refractivity contribution in [3.63, 3.8) is 0 Å². The van der Waals surface area contributed by atoms with Gasteiger partial charge in [-0.2, -0.15) is 0 Å². The lowest BCUT2D eigenvalue weighted by Crippen LogP contribution is -3.12. The molecule has 0 amide bonds. The third-order valence-electron chi connectivity index (χ3n) is 6.32. The van der Waals surface area contributed by atoms with Gasteiger partial charge in [0.1, 0.15) is 23.6 Å². The molecule has 0 saturated heterocycles. The SMILES string of the molecule is COc1ccc(-c2cc(=O)oc3c(C)c4c(cc23)C[NH+](CCc2ccc(Cl)cc2Cl)CO4)cc1. The molecule has 1 atom stereocenters. The number of aryl methyl sites for hydroxylation is 1. The second-order valence-electron chi connectivity index (χ2n) is 8.53. The molecule has 0 bridgehead atoms. The molecule has 0 radical (unpaired) electrons. The first kappa shape index (κ1) is 22.8. The second kappa shape index (κ2) is 9.34. The Bertz CT molecular complexity index is 1430. The van der Waals surface area contributed by atoms with Gasteiger partial charge >= 0.3 is 5.63 Å². The molecule has 1 N–H and O–H groups in total. The van der Waals surface area contributed by atoms with Crippen molar-refractivity contribution in [3.8, 4) is 22.6 Å². The van der Waals surface area contributed by atoms with E-state index in [0.29, 0.717) is 22.4 Å². The van der Waals surface area contributed by atoms with Crippen LogP contribution in [0.4, 0.5) is 0 Å². The van der Waals surface area contributed by atoms with Gasteiger partial charge in [0.05, 0.1) is 13.7 Å². The Balaban J connectivity index is 1.48. The van der Waals surface area contributed by atoms with Crippen molar-refractivity contribution >= 4 is 34.2 Å². The molecule has 174 valence electrons. The van der Waals surface area contributed by atoms with Gasteiger partial charge in [-0.1, -0.05) is 41.4 Å². The van der Waals surface area contributed by atoms with Crippen molar-refractivity contribution in [2.45, 2.75) is 19.9 Å². The fourth-order valence-corrected chi connectivity index (χ4v) is 5.04. The fraction of sp³-hybridized carbons (Fsp3) is 0.222. The summed E-state index contributed by atoms with van der Waals surface area (Å²) in [6.45, 7) is 4.15. The Morgan fingerprint density at radius 3 is 2.59 bits per heavy atom. The third-order valence-corrected chi connectivity index (χ3v) is 6.90. The maximum absolute atomic E-state index is 12.4. The maximum Gasteiger partial charge on any atom is 0.336 e. The topological polar surface area (TPSA) is 53.1 Å². The highest BCUT2D eigenvalue weighted by atomic mass is 35.5. The Kier molecular flexibility index (Phi) is 6.26. The van der Waals surface area contributed by atoms with Crippen LogP contribution in [0.15, 0.2) is 63.8 Å². The predicted octanol–water partition coefficient (Wildman–Crippen LogP) is 5.06. The van der Waals surface area contributed by atoms with Gasteiger partial charge in [-0.15, -0.1) is 0 Å². The highest BCUT2D eigenvalue weighted by Crippen LogP contribution is 2.37. The Morgan fingerprint density at radius 1 is 1.06 bits per heavy atom. The van der Waals surface area contributed by atoms with Gasteiger partial charge in [0, 0.05) is 39.0 Å². The van der Waals surface area contributed by atoms with Crippen LogP contribution in [-0.2, 0) is 13.0 Å². The summed E-state index contributed by atoms with van der Waals surface area (Å²) in [6.07, 6.45) is 0.822. The van der Waals surface area contributed by atoms with Crippen molar-refractivity contribution in [2.75, 3.05) is 20.4 Å². The van der Waals surface area contributed by atoms with Crippen LogP contribution in [-0.4, -0.2) is 20.4 Å². The van der Waals surface area contributed by atoms with E-state index in [1.165, 1.54) is 4.90 Å². The maximum atomic E-state index is 12.4. The molecule has 4 aromatic rings. The second-order valence-corrected chi connectivity index (χ2v) is 9.37. The molecule has 1 aromatic heterocycles. The zero-order valence-corrected chi connectivity index (χ0v) is 20.4. The van der Waals surface area contributed by atoms with E-state index in [1.807, 2.05) is 43.3 Å². The van der Waals surface area contributed by atoms with Gasteiger partial charge in [0.2, 0.25) is 6.73 Å². The summed E-state index contributed by atoms with van der Waals surface area (Å²) in [6, 6.07) is 16.9. The predicted molar refractivity (Wildman–Crippen MR) is 134 cm³/mol. The molecule has 0 spiro atoms. The molecular weight excluding hydrogens is 473 g/mol. The Hall–Kier alpha value is -2.99. The van der Waals surface area contributed by atoms with Gasteiger partial charge in [-0.05, 0) is 53.9 Å². The molecule has 1 aliphatic rings. The van der Waals surface area contributed by atoms with Crippen LogP contribution < -0.4 is 20.0 Å². The normalized spacial score (nSPS) is 15.1. The number of halogens is 2. The lowest BCUT2D eigenvalue weighted by molar-refractivity contribution is -0.932. The van der Waals surface area contributed by atoms with Crippen molar-refractivity contribution in [1.82, 2.24) is 0 Å². The number of benzene rings is 3. The number of quaternary nitrogens is 1. The van der Waals surface area contributed by atoms with E-state index < -0.39 is 0 Å². The van der Waals surface area contributed by atoms with Crippen LogP contribution in [0.2, 0.25) is 10.0 Å². The first-order valence-corrected chi connectivity index (χ1v) is 11.8. The van der Waals surface area contributed by atoms with Gasteiger partial charge in [-0.25, -0.2) is 4.79 Å². The highest BCUT2D eigenvalue weighted by Gasteiger charge is 2.25. The number of hydrogen-bond donors (Lipinski definition) is 1. The van der Waals surface area contributed by atoms with E-state index >= 15 is 0 Å². The lowest BCUT2D eigenvalue weighted by atomic mass is 9.96. The van der Waals surface area contributed by atoms with Crippen molar-refractivity contribution in [3.05, 3.63) is 91.8 Å². The molecule has 0 saturated carbocycles. The molecule has 7 heteroatoms. The molecule has 34 heavy (non-hydrogen) atoms. The van der Waals surface area contributed by atoms with Crippen molar-refractivity contribution < 1.29 is 18.8 Å². The summed E-state index contributed by atoms with van der Waals surface area (Å²) >= 11 is 12.4.